The molecule has 0 saturated heterocycles. The van der Waals surface area contributed by atoms with Crippen molar-refractivity contribution in [2.75, 3.05) is 26.4 Å². The molecule has 1 aliphatic rings. The van der Waals surface area contributed by atoms with Gasteiger partial charge in [-0.25, -0.2) is 0 Å². The highest BCUT2D eigenvalue weighted by Crippen LogP contribution is 2.34. The van der Waals surface area contributed by atoms with E-state index in [9.17, 15) is 0 Å². The molecule has 1 aliphatic heterocycles. The summed E-state index contributed by atoms with van der Waals surface area (Å²) in [5.74, 6) is 1.11. The van der Waals surface area contributed by atoms with Gasteiger partial charge in [0.25, 0.3) is 0 Å². The fraction of sp³-hybridized carbons (Fsp3) is 0.647. The molecular formula is C17H27NO2. The van der Waals surface area contributed by atoms with E-state index in [1.54, 1.807) is 0 Å². The molecule has 0 fully saturated rings. The standard InChI is InChI=1S/C17H27NO2/c1-3-11-19-13-10-16(18-4-2)15-9-5-7-14-8-6-12-20-17(14)15/h5,7,9,16,18H,3-4,6,8,10-13H2,1-2H3. The van der Waals surface area contributed by atoms with Gasteiger partial charge in [0.1, 0.15) is 5.75 Å². The van der Waals surface area contributed by atoms with Crippen LogP contribution in [0.5, 0.6) is 5.75 Å². The van der Waals surface area contributed by atoms with Crippen molar-refractivity contribution in [1.29, 1.82) is 0 Å². The molecule has 2 rings (SSSR count). The molecule has 0 saturated carbocycles. The van der Waals surface area contributed by atoms with E-state index in [1.807, 2.05) is 0 Å². The van der Waals surface area contributed by atoms with E-state index >= 15 is 0 Å². The molecule has 0 radical (unpaired) electrons. The third-order valence-electron chi connectivity index (χ3n) is 3.69. The molecule has 0 aromatic heterocycles. The van der Waals surface area contributed by atoms with Crippen LogP contribution in [-0.2, 0) is 11.2 Å². The summed E-state index contributed by atoms with van der Waals surface area (Å²) in [5.41, 5.74) is 2.65. The Hall–Kier alpha value is -1.06. The van der Waals surface area contributed by atoms with Crippen molar-refractivity contribution in [2.24, 2.45) is 0 Å². The van der Waals surface area contributed by atoms with Crippen molar-refractivity contribution in [3.05, 3.63) is 29.3 Å². The maximum absolute atomic E-state index is 5.93. The van der Waals surface area contributed by atoms with Crippen LogP contribution < -0.4 is 10.1 Å². The molecule has 3 heteroatoms. The topological polar surface area (TPSA) is 30.5 Å². The molecule has 1 heterocycles. The average Bonchev–Trinajstić information content (AvgIpc) is 2.50. The van der Waals surface area contributed by atoms with Gasteiger partial charge in [-0.05, 0) is 37.8 Å². The molecule has 0 bridgehead atoms. The van der Waals surface area contributed by atoms with Gasteiger partial charge in [-0.3, -0.25) is 0 Å². The largest absolute Gasteiger partial charge is 0.493 e. The Morgan fingerprint density at radius 2 is 2.20 bits per heavy atom. The predicted octanol–water partition coefficient (Wildman–Crippen LogP) is 3.48. The summed E-state index contributed by atoms with van der Waals surface area (Å²) in [6, 6.07) is 6.86. The molecule has 112 valence electrons. The van der Waals surface area contributed by atoms with E-state index in [1.165, 1.54) is 11.1 Å². The van der Waals surface area contributed by atoms with Gasteiger partial charge in [-0.15, -0.1) is 0 Å². The number of nitrogens with one attached hydrogen (secondary N) is 1. The smallest absolute Gasteiger partial charge is 0.127 e. The van der Waals surface area contributed by atoms with Gasteiger partial charge < -0.3 is 14.8 Å². The number of aryl methyl sites for hydroxylation is 1. The van der Waals surface area contributed by atoms with Crippen molar-refractivity contribution in [1.82, 2.24) is 5.32 Å². The lowest BCUT2D eigenvalue weighted by molar-refractivity contribution is 0.124. The molecule has 1 aromatic rings. The minimum Gasteiger partial charge on any atom is -0.493 e. The van der Waals surface area contributed by atoms with E-state index in [-0.39, 0.29) is 0 Å². The monoisotopic (exact) mass is 277 g/mol. The van der Waals surface area contributed by atoms with Gasteiger partial charge in [0.05, 0.1) is 6.61 Å². The molecule has 3 nitrogen and oxygen atoms in total. The van der Waals surface area contributed by atoms with Crippen LogP contribution in [0.3, 0.4) is 0 Å². The molecule has 1 N–H and O–H groups in total. The summed E-state index contributed by atoms with van der Waals surface area (Å²) in [6.45, 7) is 7.74. The molecule has 0 amide bonds. The number of para-hydroxylation sites is 1. The van der Waals surface area contributed by atoms with Crippen molar-refractivity contribution in [2.45, 2.75) is 45.6 Å². The summed E-state index contributed by atoms with van der Waals surface area (Å²) in [7, 11) is 0. The van der Waals surface area contributed by atoms with Crippen LogP contribution >= 0.6 is 0 Å². The summed E-state index contributed by atoms with van der Waals surface area (Å²) < 4.78 is 11.6. The third-order valence-corrected chi connectivity index (χ3v) is 3.69. The summed E-state index contributed by atoms with van der Waals surface area (Å²) in [6.07, 6.45) is 4.33. The van der Waals surface area contributed by atoms with Crippen LogP contribution in [0.25, 0.3) is 0 Å². The van der Waals surface area contributed by atoms with Gasteiger partial charge in [-0.1, -0.05) is 32.0 Å². The lowest BCUT2D eigenvalue weighted by atomic mass is 9.96. The van der Waals surface area contributed by atoms with E-state index in [0.29, 0.717) is 6.04 Å². The van der Waals surface area contributed by atoms with E-state index in [4.69, 9.17) is 9.47 Å². The summed E-state index contributed by atoms with van der Waals surface area (Å²) >= 11 is 0. The van der Waals surface area contributed by atoms with E-state index in [2.05, 4.69) is 37.4 Å². The quantitative estimate of drug-likeness (QED) is 0.738. The summed E-state index contributed by atoms with van der Waals surface area (Å²) in [5, 5.41) is 3.57. The molecule has 1 unspecified atom stereocenters. The van der Waals surface area contributed by atoms with Crippen LogP contribution in [0.15, 0.2) is 18.2 Å². The van der Waals surface area contributed by atoms with Crippen LogP contribution in [0.4, 0.5) is 0 Å². The molecule has 1 aromatic carbocycles. The van der Waals surface area contributed by atoms with E-state index in [0.717, 1.165) is 57.8 Å². The highest BCUT2D eigenvalue weighted by molar-refractivity contribution is 5.44. The first-order valence-electron chi connectivity index (χ1n) is 7.92. The molecule has 0 spiro atoms. The summed E-state index contributed by atoms with van der Waals surface area (Å²) in [4.78, 5) is 0. The second-order valence-electron chi connectivity index (χ2n) is 5.30. The average molecular weight is 277 g/mol. The minimum atomic E-state index is 0.324. The number of fused-ring (bicyclic) bond motifs is 1. The number of benzene rings is 1. The second-order valence-corrected chi connectivity index (χ2v) is 5.30. The van der Waals surface area contributed by atoms with Gasteiger partial charge in [0.2, 0.25) is 0 Å². The van der Waals surface area contributed by atoms with Gasteiger partial charge >= 0.3 is 0 Å². The molecule has 0 aliphatic carbocycles. The molecule has 20 heavy (non-hydrogen) atoms. The second kappa shape index (κ2) is 8.28. The van der Waals surface area contributed by atoms with Crippen molar-refractivity contribution >= 4 is 0 Å². The zero-order valence-electron chi connectivity index (χ0n) is 12.8. The normalized spacial score (nSPS) is 15.5. The lowest BCUT2D eigenvalue weighted by Gasteiger charge is -2.25. The fourth-order valence-corrected chi connectivity index (χ4v) is 2.75. The number of rotatable bonds is 8. The zero-order chi connectivity index (χ0) is 14.2. The number of hydrogen-bond donors (Lipinski definition) is 1. The van der Waals surface area contributed by atoms with Crippen LogP contribution in [-0.4, -0.2) is 26.4 Å². The highest BCUT2D eigenvalue weighted by Gasteiger charge is 2.20. The Morgan fingerprint density at radius 3 is 3.00 bits per heavy atom. The number of ether oxygens (including phenoxy) is 2. The number of hydrogen-bond acceptors (Lipinski definition) is 3. The molecule has 1 atom stereocenters. The van der Waals surface area contributed by atoms with Crippen LogP contribution in [0, 0.1) is 0 Å². The maximum atomic E-state index is 5.93. The van der Waals surface area contributed by atoms with Crippen molar-refractivity contribution in [3.63, 3.8) is 0 Å². The van der Waals surface area contributed by atoms with Crippen LogP contribution in [0.2, 0.25) is 0 Å². The Balaban J connectivity index is 2.08. The van der Waals surface area contributed by atoms with Gasteiger partial charge in [-0.2, -0.15) is 0 Å². The fourth-order valence-electron chi connectivity index (χ4n) is 2.75. The Labute approximate surface area is 122 Å². The third kappa shape index (κ3) is 3.97. The first-order valence-corrected chi connectivity index (χ1v) is 7.92. The highest BCUT2D eigenvalue weighted by atomic mass is 16.5. The first-order chi connectivity index (χ1) is 9.86. The van der Waals surface area contributed by atoms with Gasteiger partial charge in [0.15, 0.2) is 0 Å². The first kappa shape index (κ1) is 15.3. The van der Waals surface area contributed by atoms with E-state index < -0.39 is 0 Å². The minimum absolute atomic E-state index is 0.324. The Morgan fingerprint density at radius 1 is 1.30 bits per heavy atom. The SMILES string of the molecule is CCCOCCC(NCC)c1cccc2c1OCCC2. The van der Waals surface area contributed by atoms with Crippen LogP contribution in [0.1, 0.15) is 50.3 Å². The maximum Gasteiger partial charge on any atom is 0.127 e. The molecular weight excluding hydrogens is 250 g/mol. The lowest BCUT2D eigenvalue weighted by Crippen LogP contribution is -2.24. The Bertz CT molecular complexity index is 406. The van der Waals surface area contributed by atoms with Crippen molar-refractivity contribution in [3.8, 4) is 5.75 Å². The Kier molecular flexibility index (Phi) is 6.34. The van der Waals surface area contributed by atoms with Crippen molar-refractivity contribution < 1.29 is 9.47 Å². The predicted molar refractivity (Wildman–Crippen MR) is 82.4 cm³/mol. The van der Waals surface area contributed by atoms with Gasteiger partial charge in [0, 0.05) is 24.8 Å². The zero-order valence-corrected chi connectivity index (χ0v) is 12.8.